The van der Waals surface area contributed by atoms with Crippen molar-refractivity contribution in [3.05, 3.63) is 28.4 Å². The molecule has 0 saturated carbocycles. The highest BCUT2D eigenvalue weighted by Gasteiger charge is 2.21. The fraction of sp³-hybridized carbons (Fsp3) is 0.429. The van der Waals surface area contributed by atoms with E-state index in [1.165, 1.54) is 11.3 Å². The quantitative estimate of drug-likeness (QED) is 0.857. The average Bonchev–Trinajstić information content (AvgIpc) is 2.57. The van der Waals surface area contributed by atoms with Crippen LogP contribution in [0.4, 0.5) is 0 Å². The van der Waals surface area contributed by atoms with Gasteiger partial charge in [-0.2, -0.15) is 0 Å². The molecule has 0 unspecified atom stereocenters. The standard InChI is InChI=1S/C14H17ClN2O/c1-17-11-8-16-7-3-4-9(11)13-10(15)5-6-12(18-2)14(13)17/h5-6,16H,3-4,7-8H2,1-2H3. The summed E-state index contributed by atoms with van der Waals surface area (Å²) in [7, 11) is 3.80. The molecule has 1 aliphatic rings. The van der Waals surface area contributed by atoms with Crippen molar-refractivity contribution in [3.8, 4) is 5.75 Å². The summed E-state index contributed by atoms with van der Waals surface area (Å²) in [5.41, 5.74) is 3.81. The lowest BCUT2D eigenvalue weighted by molar-refractivity contribution is 0.417. The molecule has 1 aromatic heterocycles. The molecule has 96 valence electrons. The number of methoxy groups -OCH3 is 1. The number of nitrogens with zero attached hydrogens (tertiary/aromatic N) is 1. The smallest absolute Gasteiger partial charge is 0.143 e. The Balaban J connectivity index is 2.39. The maximum absolute atomic E-state index is 6.40. The Morgan fingerprint density at radius 2 is 2.22 bits per heavy atom. The van der Waals surface area contributed by atoms with Gasteiger partial charge in [-0.3, -0.25) is 0 Å². The first-order valence-electron chi connectivity index (χ1n) is 6.27. The van der Waals surface area contributed by atoms with E-state index in [-0.39, 0.29) is 0 Å². The van der Waals surface area contributed by atoms with Crippen molar-refractivity contribution in [2.75, 3.05) is 13.7 Å². The van der Waals surface area contributed by atoms with E-state index in [0.29, 0.717) is 0 Å². The van der Waals surface area contributed by atoms with E-state index in [4.69, 9.17) is 16.3 Å². The summed E-state index contributed by atoms with van der Waals surface area (Å²) in [5.74, 6) is 0.893. The highest BCUT2D eigenvalue weighted by atomic mass is 35.5. The lowest BCUT2D eigenvalue weighted by atomic mass is 10.1. The minimum Gasteiger partial charge on any atom is -0.495 e. The number of fused-ring (bicyclic) bond motifs is 3. The molecular weight excluding hydrogens is 248 g/mol. The zero-order chi connectivity index (χ0) is 12.7. The van der Waals surface area contributed by atoms with Gasteiger partial charge in [-0.25, -0.2) is 0 Å². The molecule has 1 N–H and O–H groups in total. The molecule has 0 atom stereocenters. The minimum atomic E-state index is 0.824. The highest BCUT2D eigenvalue weighted by Crippen LogP contribution is 2.38. The molecule has 0 spiro atoms. The van der Waals surface area contributed by atoms with Crippen LogP contribution < -0.4 is 10.1 Å². The molecule has 3 nitrogen and oxygen atoms in total. The number of rotatable bonds is 1. The number of aryl methyl sites for hydroxylation is 2. The van der Waals surface area contributed by atoms with Crippen molar-refractivity contribution in [1.82, 2.24) is 9.88 Å². The van der Waals surface area contributed by atoms with Crippen molar-refractivity contribution in [2.24, 2.45) is 7.05 Å². The molecule has 0 fully saturated rings. The summed E-state index contributed by atoms with van der Waals surface area (Å²) in [4.78, 5) is 0. The number of halogens is 1. The second-order valence-corrected chi connectivity index (χ2v) is 5.15. The van der Waals surface area contributed by atoms with Gasteiger partial charge in [0.1, 0.15) is 5.75 Å². The molecule has 4 heteroatoms. The predicted octanol–water partition coefficient (Wildman–Crippen LogP) is 2.88. The molecule has 1 aliphatic heterocycles. The van der Waals surface area contributed by atoms with Gasteiger partial charge >= 0.3 is 0 Å². The number of hydrogen-bond acceptors (Lipinski definition) is 2. The van der Waals surface area contributed by atoms with Gasteiger partial charge in [0.2, 0.25) is 0 Å². The van der Waals surface area contributed by atoms with E-state index in [1.54, 1.807) is 7.11 Å². The largest absolute Gasteiger partial charge is 0.495 e. The lowest BCUT2D eigenvalue weighted by Crippen LogP contribution is -2.14. The number of nitrogens with one attached hydrogen (secondary N) is 1. The Bertz CT molecular complexity index is 604. The number of benzene rings is 1. The Morgan fingerprint density at radius 3 is 3.00 bits per heavy atom. The van der Waals surface area contributed by atoms with Crippen LogP contribution in [0.1, 0.15) is 17.7 Å². The van der Waals surface area contributed by atoms with Gasteiger partial charge in [-0.05, 0) is 37.1 Å². The van der Waals surface area contributed by atoms with E-state index in [0.717, 1.165) is 47.6 Å². The van der Waals surface area contributed by atoms with Crippen LogP contribution in [0.15, 0.2) is 12.1 Å². The monoisotopic (exact) mass is 264 g/mol. The fourth-order valence-electron chi connectivity index (χ4n) is 2.91. The normalized spacial score (nSPS) is 15.5. The molecule has 1 aromatic carbocycles. The van der Waals surface area contributed by atoms with Crippen LogP contribution in [0.5, 0.6) is 5.75 Å². The van der Waals surface area contributed by atoms with Gasteiger partial charge in [0.05, 0.1) is 17.6 Å². The molecule has 2 heterocycles. The first-order chi connectivity index (χ1) is 8.74. The van der Waals surface area contributed by atoms with Crippen molar-refractivity contribution < 1.29 is 4.74 Å². The second kappa shape index (κ2) is 4.48. The van der Waals surface area contributed by atoms with E-state index in [1.807, 2.05) is 12.1 Å². The Morgan fingerprint density at radius 1 is 1.39 bits per heavy atom. The Hall–Kier alpha value is -1.19. The topological polar surface area (TPSA) is 26.2 Å². The summed E-state index contributed by atoms with van der Waals surface area (Å²) in [6, 6.07) is 3.87. The summed E-state index contributed by atoms with van der Waals surface area (Å²) in [5, 5.41) is 5.45. The van der Waals surface area contributed by atoms with Gasteiger partial charge < -0.3 is 14.6 Å². The molecule has 2 aromatic rings. The van der Waals surface area contributed by atoms with Crippen LogP contribution in [0, 0.1) is 0 Å². The number of ether oxygens (including phenoxy) is 1. The van der Waals surface area contributed by atoms with Gasteiger partial charge in [0.15, 0.2) is 0 Å². The fourth-order valence-corrected chi connectivity index (χ4v) is 3.17. The summed E-state index contributed by atoms with van der Waals surface area (Å²) < 4.78 is 7.69. The number of aromatic nitrogens is 1. The van der Waals surface area contributed by atoms with Gasteiger partial charge in [0.25, 0.3) is 0 Å². The van der Waals surface area contributed by atoms with Crippen LogP contribution in [-0.2, 0) is 20.0 Å². The molecule has 0 radical (unpaired) electrons. The third kappa shape index (κ3) is 1.62. The minimum absolute atomic E-state index is 0.824. The summed E-state index contributed by atoms with van der Waals surface area (Å²) in [6.45, 7) is 1.97. The number of hydrogen-bond donors (Lipinski definition) is 1. The van der Waals surface area contributed by atoms with Gasteiger partial charge in [-0.15, -0.1) is 0 Å². The summed E-state index contributed by atoms with van der Waals surface area (Å²) >= 11 is 6.40. The average molecular weight is 265 g/mol. The summed E-state index contributed by atoms with van der Waals surface area (Å²) in [6.07, 6.45) is 2.23. The first-order valence-corrected chi connectivity index (χ1v) is 6.65. The van der Waals surface area contributed by atoms with Crippen molar-refractivity contribution >= 4 is 22.5 Å². The SMILES string of the molecule is COc1ccc(Cl)c2c3c(n(C)c12)CNCCC3. The zero-order valence-electron chi connectivity index (χ0n) is 10.7. The molecule has 3 rings (SSSR count). The predicted molar refractivity (Wildman–Crippen MR) is 74.5 cm³/mol. The van der Waals surface area contributed by atoms with Crippen LogP contribution in [0.2, 0.25) is 5.02 Å². The van der Waals surface area contributed by atoms with Crippen LogP contribution in [0.3, 0.4) is 0 Å². The Labute approximate surface area is 112 Å². The lowest BCUT2D eigenvalue weighted by Gasteiger charge is -2.08. The van der Waals surface area contributed by atoms with E-state index in [9.17, 15) is 0 Å². The molecule has 0 amide bonds. The third-order valence-electron chi connectivity index (χ3n) is 3.77. The van der Waals surface area contributed by atoms with Gasteiger partial charge in [-0.1, -0.05) is 11.6 Å². The van der Waals surface area contributed by atoms with Crippen molar-refractivity contribution in [2.45, 2.75) is 19.4 Å². The highest BCUT2D eigenvalue weighted by molar-refractivity contribution is 6.36. The van der Waals surface area contributed by atoms with E-state index < -0.39 is 0 Å². The molecule has 0 aliphatic carbocycles. The second-order valence-electron chi connectivity index (χ2n) is 4.74. The maximum atomic E-state index is 6.40. The van der Waals surface area contributed by atoms with Crippen molar-refractivity contribution in [3.63, 3.8) is 0 Å². The van der Waals surface area contributed by atoms with Gasteiger partial charge in [0, 0.05) is 24.7 Å². The zero-order valence-corrected chi connectivity index (χ0v) is 11.5. The van der Waals surface area contributed by atoms with Crippen LogP contribution in [0.25, 0.3) is 10.9 Å². The van der Waals surface area contributed by atoms with Crippen LogP contribution >= 0.6 is 11.6 Å². The molecule has 0 saturated heterocycles. The van der Waals surface area contributed by atoms with Crippen molar-refractivity contribution in [1.29, 1.82) is 0 Å². The van der Waals surface area contributed by atoms with Crippen LogP contribution in [-0.4, -0.2) is 18.2 Å². The Kier molecular flexibility index (Phi) is 2.96. The molecular formula is C14H17ClN2O. The third-order valence-corrected chi connectivity index (χ3v) is 4.09. The molecule has 0 bridgehead atoms. The maximum Gasteiger partial charge on any atom is 0.143 e. The molecule has 18 heavy (non-hydrogen) atoms. The van der Waals surface area contributed by atoms with E-state index in [2.05, 4.69) is 16.9 Å². The van der Waals surface area contributed by atoms with E-state index >= 15 is 0 Å². The first kappa shape index (κ1) is 11.9.